The van der Waals surface area contributed by atoms with E-state index in [-0.39, 0.29) is 5.95 Å². The van der Waals surface area contributed by atoms with Gasteiger partial charge in [0, 0.05) is 19.7 Å². The van der Waals surface area contributed by atoms with Crippen LogP contribution >= 0.6 is 0 Å². The smallest absolute Gasteiger partial charge is 0.225 e. The molecule has 0 aromatic carbocycles. The van der Waals surface area contributed by atoms with E-state index in [0.29, 0.717) is 31.3 Å². The SMILES string of the molecule is COCC(O)CCNc1cc(OC)nc(N)n1. The van der Waals surface area contributed by atoms with Gasteiger partial charge in [-0.25, -0.2) is 0 Å². The third kappa shape index (κ3) is 4.83. The molecule has 0 fully saturated rings. The highest BCUT2D eigenvalue weighted by Crippen LogP contribution is 2.13. The summed E-state index contributed by atoms with van der Waals surface area (Å²) in [5.41, 5.74) is 5.50. The fraction of sp³-hybridized carbons (Fsp3) is 0.600. The largest absolute Gasteiger partial charge is 0.481 e. The number of anilines is 2. The van der Waals surface area contributed by atoms with Gasteiger partial charge in [-0.3, -0.25) is 0 Å². The van der Waals surface area contributed by atoms with Crippen molar-refractivity contribution in [1.82, 2.24) is 9.97 Å². The maximum Gasteiger partial charge on any atom is 0.225 e. The highest BCUT2D eigenvalue weighted by Gasteiger charge is 2.05. The first-order valence-electron chi connectivity index (χ1n) is 5.25. The van der Waals surface area contributed by atoms with Gasteiger partial charge in [-0.15, -0.1) is 0 Å². The lowest BCUT2D eigenvalue weighted by Crippen LogP contribution is -2.18. The van der Waals surface area contributed by atoms with Crippen LogP contribution in [0.25, 0.3) is 0 Å². The quantitative estimate of drug-likeness (QED) is 0.612. The Balaban J connectivity index is 2.43. The Morgan fingerprint density at radius 3 is 2.88 bits per heavy atom. The van der Waals surface area contributed by atoms with Crippen molar-refractivity contribution in [3.8, 4) is 5.88 Å². The number of aromatic nitrogens is 2. The molecule has 0 aliphatic rings. The van der Waals surface area contributed by atoms with Gasteiger partial charge in [0.05, 0.1) is 19.8 Å². The Morgan fingerprint density at radius 1 is 1.47 bits per heavy atom. The highest BCUT2D eigenvalue weighted by atomic mass is 16.5. The predicted octanol–water partition coefficient (Wildman–Crippen LogP) is -0.123. The number of hydrogen-bond acceptors (Lipinski definition) is 7. The Labute approximate surface area is 100.0 Å². The molecule has 7 heteroatoms. The molecule has 0 amide bonds. The van der Waals surface area contributed by atoms with E-state index < -0.39 is 6.10 Å². The van der Waals surface area contributed by atoms with Crippen LogP contribution in [0, 0.1) is 0 Å². The number of nitrogens with two attached hydrogens (primary N) is 1. The molecule has 0 aliphatic carbocycles. The lowest BCUT2D eigenvalue weighted by Gasteiger charge is -2.11. The topological polar surface area (TPSA) is 103 Å². The molecule has 1 atom stereocenters. The Bertz CT molecular complexity index is 348. The van der Waals surface area contributed by atoms with Crippen LogP contribution in [0.4, 0.5) is 11.8 Å². The molecule has 1 heterocycles. The van der Waals surface area contributed by atoms with Crippen LogP contribution in [0.5, 0.6) is 5.88 Å². The van der Waals surface area contributed by atoms with Crippen molar-refractivity contribution in [3.05, 3.63) is 6.07 Å². The summed E-state index contributed by atoms with van der Waals surface area (Å²) >= 11 is 0. The normalized spacial score (nSPS) is 12.2. The van der Waals surface area contributed by atoms with Gasteiger partial charge in [0.15, 0.2) is 0 Å². The molecule has 7 nitrogen and oxygen atoms in total. The molecule has 96 valence electrons. The van der Waals surface area contributed by atoms with Crippen molar-refractivity contribution >= 4 is 11.8 Å². The lowest BCUT2D eigenvalue weighted by molar-refractivity contribution is 0.0615. The van der Waals surface area contributed by atoms with Gasteiger partial charge in [0.25, 0.3) is 0 Å². The molecule has 1 aromatic rings. The third-order valence-corrected chi connectivity index (χ3v) is 2.07. The van der Waals surface area contributed by atoms with E-state index >= 15 is 0 Å². The number of nitrogen functional groups attached to an aromatic ring is 1. The van der Waals surface area contributed by atoms with Crippen molar-refractivity contribution in [2.75, 3.05) is 38.4 Å². The van der Waals surface area contributed by atoms with Gasteiger partial charge < -0.3 is 25.6 Å². The molecule has 1 aromatic heterocycles. The zero-order chi connectivity index (χ0) is 12.7. The van der Waals surface area contributed by atoms with Gasteiger partial charge in [0.2, 0.25) is 11.8 Å². The molecular weight excluding hydrogens is 224 g/mol. The van der Waals surface area contributed by atoms with Crippen LogP contribution in [0.1, 0.15) is 6.42 Å². The van der Waals surface area contributed by atoms with E-state index in [1.54, 1.807) is 13.2 Å². The second kappa shape index (κ2) is 6.87. The summed E-state index contributed by atoms with van der Waals surface area (Å²) in [5.74, 6) is 1.11. The Hall–Kier alpha value is -1.60. The van der Waals surface area contributed by atoms with Gasteiger partial charge in [-0.05, 0) is 6.42 Å². The molecular formula is C10H18N4O3. The molecule has 0 radical (unpaired) electrons. The number of aliphatic hydroxyl groups excluding tert-OH is 1. The average Bonchev–Trinajstić information content (AvgIpc) is 2.28. The standard InChI is InChI=1S/C10H18N4O3/c1-16-6-7(15)3-4-12-8-5-9(17-2)14-10(11)13-8/h5,7,15H,3-4,6H2,1-2H3,(H3,11,12,13,14). The fourth-order valence-electron chi connectivity index (χ4n) is 1.28. The molecule has 0 aliphatic heterocycles. The van der Waals surface area contributed by atoms with E-state index in [2.05, 4.69) is 15.3 Å². The van der Waals surface area contributed by atoms with Gasteiger partial charge in [-0.1, -0.05) is 0 Å². The second-order valence-electron chi connectivity index (χ2n) is 3.48. The van der Waals surface area contributed by atoms with Crippen molar-refractivity contribution < 1.29 is 14.6 Å². The second-order valence-corrected chi connectivity index (χ2v) is 3.48. The molecule has 0 saturated heterocycles. The maximum atomic E-state index is 9.44. The highest BCUT2D eigenvalue weighted by molar-refractivity contribution is 5.42. The van der Waals surface area contributed by atoms with Crippen molar-refractivity contribution in [2.24, 2.45) is 0 Å². The maximum absolute atomic E-state index is 9.44. The van der Waals surface area contributed by atoms with Crippen molar-refractivity contribution in [2.45, 2.75) is 12.5 Å². The van der Waals surface area contributed by atoms with Crippen LogP contribution in [-0.2, 0) is 4.74 Å². The first-order valence-corrected chi connectivity index (χ1v) is 5.25. The zero-order valence-electron chi connectivity index (χ0n) is 10.0. The van der Waals surface area contributed by atoms with Gasteiger partial charge in [0.1, 0.15) is 5.82 Å². The Morgan fingerprint density at radius 2 is 2.24 bits per heavy atom. The van der Waals surface area contributed by atoms with Crippen molar-refractivity contribution in [3.63, 3.8) is 0 Å². The summed E-state index contributed by atoms with van der Waals surface area (Å²) in [7, 11) is 3.06. The lowest BCUT2D eigenvalue weighted by atomic mass is 10.2. The van der Waals surface area contributed by atoms with E-state index in [9.17, 15) is 5.11 Å². The van der Waals surface area contributed by atoms with E-state index in [1.165, 1.54) is 7.11 Å². The number of hydrogen-bond donors (Lipinski definition) is 3. The summed E-state index contributed by atoms with van der Waals surface area (Å²) in [6.07, 6.45) is 0.0636. The fourth-order valence-corrected chi connectivity index (χ4v) is 1.28. The van der Waals surface area contributed by atoms with E-state index in [1.807, 2.05) is 0 Å². The summed E-state index contributed by atoms with van der Waals surface area (Å²) in [6, 6.07) is 1.64. The number of ether oxygens (including phenoxy) is 2. The summed E-state index contributed by atoms with van der Waals surface area (Å²) in [4.78, 5) is 7.85. The van der Waals surface area contributed by atoms with Crippen LogP contribution < -0.4 is 15.8 Å². The third-order valence-electron chi connectivity index (χ3n) is 2.07. The number of nitrogens with zero attached hydrogens (tertiary/aromatic N) is 2. The molecule has 4 N–H and O–H groups in total. The number of methoxy groups -OCH3 is 2. The molecule has 1 unspecified atom stereocenters. The van der Waals surface area contributed by atoms with E-state index in [4.69, 9.17) is 15.2 Å². The summed E-state index contributed by atoms with van der Waals surface area (Å²) in [5, 5.41) is 12.5. The van der Waals surface area contributed by atoms with Crippen LogP contribution in [-0.4, -0.2) is 48.5 Å². The molecule has 0 saturated carbocycles. The zero-order valence-corrected chi connectivity index (χ0v) is 10.0. The minimum Gasteiger partial charge on any atom is -0.481 e. The van der Waals surface area contributed by atoms with Crippen molar-refractivity contribution in [1.29, 1.82) is 0 Å². The average molecular weight is 242 g/mol. The van der Waals surface area contributed by atoms with Crippen LogP contribution in [0.15, 0.2) is 6.07 Å². The molecule has 0 spiro atoms. The minimum absolute atomic E-state index is 0.143. The molecule has 17 heavy (non-hydrogen) atoms. The minimum atomic E-state index is -0.492. The van der Waals surface area contributed by atoms with Gasteiger partial charge in [-0.2, -0.15) is 9.97 Å². The Kier molecular flexibility index (Phi) is 5.44. The first kappa shape index (κ1) is 13.5. The molecule has 1 rings (SSSR count). The monoisotopic (exact) mass is 242 g/mol. The number of rotatable bonds is 7. The van der Waals surface area contributed by atoms with Crippen LogP contribution in [0.3, 0.4) is 0 Å². The molecule has 0 bridgehead atoms. The summed E-state index contributed by atoms with van der Waals surface area (Å²) in [6.45, 7) is 0.876. The first-order chi connectivity index (χ1) is 8.15. The number of nitrogens with one attached hydrogen (secondary N) is 1. The van der Waals surface area contributed by atoms with Gasteiger partial charge >= 0.3 is 0 Å². The van der Waals surface area contributed by atoms with Crippen LogP contribution in [0.2, 0.25) is 0 Å². The summed E-state index contributed by atoms with van der Waals surface area (Å²) < 4.78 is 9.78. The number of aliphatic hydroxyl groups is 1. The predicted molar refractivity (Wildman–Crippen MR) is 64.0 cm³/mol. The van der Waals surface area contributed by atoms with E-state index in [0.717, 1.165) is 0 Å².